The summed E-state index contributed by atoms with van der Waals surface area (Å²) < 4.78 is 3.13. The summed E-state index contributed by atoms with van der Waals surface area (Å²) in [7, 11) is 2.07. The van der Waals surface area contributed by atoms with Gasteiger partial charge in [-0.2, -0.15) is 0 Å². The van der Waals surface area contributed by atoms with Crippen molar-refractivity contribution < 1.29 is 0 Å². The Labute approximate surface area is 111 Å². The number of rotatable bonds is 3. The zero-order valence-electron chi connectivity index (χ0n) is 10.5. The van der Waals surface area contributed by atoms with Gasteiger partial charge in [0.1, 0.15) is 10.4 Å². The third kappa shape index (κ3) is 2.78. The first kappa shape index (κ1) is 12.4. The van der Waals surface area contributed by atoms with E-state index in [1.165, 1.54) is 16.8 Å². The van der Waals surface area contributed by atoms with Gasteiger partial charge in [0.05, 0.1) is 5.69 Å². The van der Waals surface area contributed by atoms with Crippen molar-refractivity contribution in [1.82, 2.24) is 9.55 Å². The topological polar surface area (TPSA) is 17.8 Å². The molecule has 0 unspecified atom stereocenters. The highest BCUT2D eigenvalue weighted by molar-refractivity contribution is 9.10. The molecule has 17 heavy (non-hydrogen) atoms. The maximum absolute atomic E-state index is 4.42. The Bertz CT molecular complexity index is 529. The number of nitrogens with zero attached hydrogens (tertiary/aromatic N) is 2. The number of hydrogen-bond acceptors (Lipinski definition) is 1. The lowest BCUT2D eigenvalue weighted by molar-refractivity contribution is 0.770. The Morgan fingerprint density at radius 3 is 2.59 bits per heavy atom. The third-order valence-electron chi connectivity index (χ3n) is 3.12. The van der Waals surface area contributed by atoms with Crippen LogP contribution in [0.3, 0.4) is 0 Å². The van der Waals surface area contributed by atoms with E-state index in [1.54, 1.807) is 0 Å². The molecule has 2 aromatic rings. The third-order valence-corrected chi connectivity index (χ3v) is 3.76. The molecule has 2 rings (SSSR count). The van der Waals surface area contributed by atoms with Crippen LogP contribution in [0, 0.1) is 13.8 Å². The van der Waals surface area contributed by atoms with Crippen LogP contribution in [0.25, 0.3) is 0 Å². The molecule has 0 N–H and O–H groups in total. The molecule has 0 radical (unpaired) electrons. The lowest BCUT2D eigenvalue weighted by atomic mass is 10.1. The van der Waals surface area contributed by atoms with Crippen LogP contribution >= 0.6 is 15.9 Å². The second-order valence-corrected chi connectivity index (χ2v) is 5.20. The molecular weight excluding hydrogens is 276 g/mol. The standard InChI is InChI=1S/C14H17BrN2/c1-10-5-4-6-12(9-10)7-8-13-14(15)16-11(2)17(13)3/h4-6,9H,7-8H2,1-3H3. The summed E-state index contributed by atoms with van der Waals surface area (Å²) in [6.45, 7) is 4.16. The van der Waals surface area contributed by atoms with E-state index in [0.29, 0.717) is 0 Å². The molecule has 0 aliphatic carbocycles. The largest absolute Gasteiger partial charge is 0.334 e. The van der Waals surface area contributed by atoms with Gasteiger partial charge in [-0.15, -0.1) is 0 Å². The average Bonchev–Trinajstić information content (AvgIpc) is 2.51. The van der Waals surface area contributed by atoms with Crippen molar-refractivity contribution in [3.05, 3.63) is 51.5 Å². The predicted octanol–water partition coefficient (Wildman–Crippen LogP) is 3.58. The molecule has 2 nitrogen and oxygen atoms in total. The first-order chi connectivity index (χ1) is 8.08. The average molecular weight is 293 g/mol. The van der Waals surface area contributed by atoms with Crippen LogP contribution in [0.2, 0.25) is 0 Å². The number of aromatic nitrogens is 2. The first-order valence-electron chi connectivity index (χ1n) is 5.81. The summed E-state index contributed by atoms with van der Waals surface area (Å²) in [5, 5.41) is 0. The minimum absolute atomic E-state index is 0.977. The van der Waals surface area contributed by atoms with Crippen LogP contribution < -0.4 is 0 Å². The maximum Gasteiger partial charge on any atom is 0.127 e. The summed E-state index contributed by atoms with van der Waals surface area (Å²) in [6, 6.07) is 8.68. The van der Waals surface area contributed by atoms with Crippen LogP contribution in [0.1, 0.15) is 22.6 Å². The Hall–Kier alpha value is -1.09. The highest BCUT2D eigenvalue weighted by Crippen LogP contribution is 2.18. The van der Waals surface area contributed by atoms with E-state index in [9.17, 15) is 0 Å². The second-order valence-electron chi connectivity index (χ2n) is 4.44. The molecule has 0 atom stereocenters. The molecule has 0 saturated carbocycles. The molecule has 0 spiro atoms. The Kier molecular flexibility index (Phi) is 3.67. The van der Waals surface area contributed by atoms with Gasteiger partial charge in [0.25, 0.3) is 0 Å². The van der Waals surface area contributed by atoms with Crippen molar-refractivity contribution in [3.63, 3.8) is 0 Å². The molecule has 90 valence electrons. The molecule has 0 aliphatic heterocycles. The first-order valence-corrected chi connectivity index (χ1v) is 6.60. The van der Waals surface area contributed by atoms with Crippen molar-refractivity contribution >= 4 is 15.9 Å². The molecule has 0 amide bonds. The number of halogens is 1. The Morgan fingerprint density at radius 2 is 2.00 bits per heavy atom. The van der Waals surface area contributed by atoms with Crippen LogP contribution in [-0.2, 0) is 19.9 Å². The zero-order chi connectivity index (χ0) is 12.4. The summed E-state index contributed by atoms with van der Waals surface area (Å²) in [5.41, 5.74) is 3.97. The predicted molar refractivity (Wildman–Crippen MR) is 74.2 cm³/mol. The van der Waals surface area contributed by atoms with Crippen LogP contribution in [0.5, 0.6) is 0 Å². The maximum atomic E-state index is 4.42. The number of aryl methyl sites for hydroxylation is 3. The van der Waals surface area contributed by atoms with Gasteiger partial charge in [-0.3, -0.25) is 0 Å². The minimum Gasteiger partial charge on any atom is -0.334 e. The summed E-state index contributed by atoms with van der Waals surface area (Å²) >= 11 is 3.52. The van der Waals surface area contributed by atoms with Gasteiger partial charge < -0.3 is 4.57 Å². The van der Waals surface area contributed by atoms with Gasteiger partial charge in [-0.05, 0) is 48.2 Å². The number of imidazole rings is 1. The summed E-state index contributed by atoms with van der Waals surface area (Å²) in [4.78, 5) is 4.42. The zero-order valence-corrected chi connectivity index (χ0v) is 12.1. The van der Waals surface area contributed by atoms with E-state index in [2.05, 4.69) is 63.7 Å². The van der Waals surface area contributed by atoms with Crippen LogP contribution in [0.15, 0.2) is 28.9 Å². The highest BCUT2D eigenvalue weighted by Gasteiger charge is 2.09. The summed E-state index contributed by atoms with van der Waals surface area (Å²) in [6.07, 6.45) is 2.07. The number of benzene rings is 1. The monoisotopic (exact) mass is 292 g/mol. The number of hydrogen-bond donors (Lipinski definition) is 0. The van der Waals surface area contributed by atoms with Crippen LogP contribution in [-0.4, -0.2) is 9.55 Å². The fourth-order valence-electron chi connectivity index (χ4n) is 2.02. The SMILES string of the molecule is Cc1cccc(CCc2c(Br)nc(C)n2C)c1. The van der Waals surface area contributed by atoms with Crippen molar-refractivity contribution in [3.8, 4) is 0 Å². The molecule has 0 fully saturated rings. The smallest absolute Gasteiger partial charge is 0.127 e. The fourth-order valence-corrected chi connectivity index (χ4v) is 2.74. The van der Waals surface area contributed by atoms with Crippen LogP contribution in [0.4, 0.5) is 0 Å². The molecular formula is C14H17BrN2. The van der Waals surface area contributed by atoms with E-state index < -0.39 is 0 Å². The molecule has 3 heteroatoms. The van der Waals surface area contributed by atoms with E-state index in [4.69, 9.17) is 0 Å². The molecule has 1 aromatic carbocycles. The minimum atomic E-state index is 0.977. The quantitative estimate of drug-likeness (QED) is 0.845. The van der Waals surface area contributed by atoms with E-state index in [0.717, 1.165) is 23.3 Å². The lowest BCUT2D eigenvalue weighted by Crippen LogP contribution is -2.01. The van der Waals surface area contributed by atoms with Crippen molar-refractivity contribution in [1.29, 1.82) is 0 Å². The van der Waals surface area contributed by atoms with Gasteiger partial charge in [-0.25, -0.2) is 4.98 Å². The van der Waals surface area contributed by atoms with Crippen molar-refractivity contribution in [2.45, 2.75) is 26.7 Å². The summed E-state index contributed by atoms with van der Waals surface area (Å²) in [5.74, 6) is 1.05. The Balaban J connectivity index is 2.12. The van der Waals surface area contributed by atoms with Crippen molar-refractivity contribution in [2.24, 2.45) is 7.05 Å². The van der Waals surface area contributed by atoms with Gasteiger partial charge in [0.2, 0.25) is 0 Å². The van der Waals surface area contributed by atoms with Crippen molar-refractivity contribution in [2.75, 3.05) is 0 Å². The normalized spacial score (nSPS) is 10.8. The van der Waals surface area contributed by atoms with Gasteiger partial charge in [0, 0.05) is 7.05 Å². The fraction of sp³-hybridized carbons (Fsp3) is 0.357. The van der Waals surface area contributed by atoms with E-state index in [-0.39, 0.29) is 0 Å². The molecule has 0 aliphatic rings. The second kappa shape index (κ2) is 5.05. The molecule has 1 heterocycles. The highest BCUT2D eigenvalue weighted by atomic mass is 79.9. The molecule has 0 saturated heterocycles. The molecule has 1 aromatic heterocycles. The van der Waals surface area contributed by atoms with E-state index >= 15 is 0 Å². The van der Waals surface area contributed by atoms with Gasteiger partial charge in [0.15, 0.2) is 0 Å². The van der Waals surface area contributed by atoms with E-state index in [1.807, 2.05) is 6.92 Å². The molecule has 0 bridgehead atoms. The van der Waals surface area contributed by atoms with Gasteiger partial charge in [-0.1, -0.05) is 29.8 Å². The lowest BCUT2D eigenvalue weighted by Gasteiger charge is -2.05. The van der Waals surface area contributed by atoms with Gasteiger partial charge >= 0.3 is 0 Å². The Morgan fingerprint density at radius 1 is 1.24 bits per heavy atom.